The zero-order chi connectivity index (χ0) is 18.0. The third-order valence-electron chi connectivity index (χ3n) is 4.30. The summed E-state index contributed by atoms with van der Waals surface area (Å²) in [7, 11) is 3.19. The van der Waals surface area contributed by atoms with Gasteiger partial charge in [-0.1, -0.05) is 18.2 Å². The smallest absolute Gasteiger partial charge is 0.258 e. The summed E-state index contributed by atoms with van der Waals surface area (Å²) in [5.41, 5.74) is 0.877. The Labute approximate surface area is 147 Å². The fraction of sp³-hybridized carbons (Fsp3) is 0.474. The second-order valence-corrected chi connectivity index (χ2v) is 6.86. The van der Waals surface area contributed by atoms with Crippen molar-refractivity contribution < 1.29 is 19.0 Å². The number of carbonyl (C=O) groups excluding carboxylic acids is 1. The number of carbonyl (C=O) groups is 1. The van der Waals surface area contributed by atoms with Crippen molar-refractivity contribution >= 4 is 16.8 Å². The Morgan fingerprint density at radius 2 is 2.12 bits per heavy atom. The van der Waals surface area contributed by atoms with Crippen LogP contribution in [0.5, 0.6) is 5.75 Å². The molecular formula is C19H24N2O4. The minimum absolute atomic E-state index is 0.0760. The molecule has 0 saturated carbocycles. The molecule has 1 atom stereocenters. The molecule has 134 valence electrons. The maximum Gasteiger partial charge on any atom is 0.258 e. The van der Waals surface area contributed by atoms with Gasteiger partial charge in [0.1, 0.15) is 0 Å². The molecule has 1 aliphatic rings. The molecule has 2 heterocycles. The second kappa shape index (κ2) is 6.98. The zero-order valence-corrected chi connectivity index (χ0v) is 15.1. The van der Waals surface area contributed by atoms with E-state index in [1.807, 2.05) is 43.0 Å². The van der Waals surface area contributed by atoms with Gasteiger partial charge >= 0.3 is 0 Å². The highest BCUT2D eigenvalue weighted by molar-refractivity contribution is 6.08. The van der Waals surface area contributed by atoms with Gasteiger partial charge in [0, 0.05) is 25.6 Å². The first-order chi connectivity index (χ1) is 11.9. The van der Waals surface area contributed by atoms with Crippen LogP contribution < -0.4 is 4.74 Å². The van der Waals surface area contributed by atoms with Crippen LogP contribution in [0.3, 0.4) is 0 Å². The minimum Gasteiger partial charge on any atom is -0.494 e. The second-order valence-electron chi connectivity index (χ2n) is 6.86. The van der Waals surface area contributed by atoms with Gasteiger partial charge in [-0.3, -0.25) is 9.78 Å². The first kappa shape index (κ1) is 17.6. The summed E-state index contributed by atoms with van der Waals surface area (Å²) >= 11 is 0. The van der Waals surface area contributed by atoms with E-state index in [1.165, 1.54) is 0 Å². The van der Waals surface area contributed by atoms with Crippen LogP contribution in [0, 0.1) is 0 Å². The van der Waals surface area contributed by atoms with Gasteiger partial charge in [-0.05, 0) is 19.9 Å². The number of pyridine rings is 1. The van der Waals surface area contributed by atoms with E-state index in [4.69, 9.17) is 14.2 Å². The summed E-state index contributed by atoms with van der Waals surface area (Å²) in [5, 5.41) is 0.791. The topological polar surface area (TPSA) is 60.9 Å². The summed E-state index contributed by atoms with van der Waals surface area (Å²) in [6, 6.07) is 7.60. The van der Waals surface area contributed by atoms with E-state index in [1.54, 1.807) is 20.4 Å². The van der Waals surface area contributed by atoms with Crippen LogP contribution in [0.4, 0.5) is 0 Å². The Morgan fingerprint density at radius 1 is 1.36 bits per heavy atom. The number of nitrogens with zero attached hydrogens (tertiary/aromatic N) is 2. The van der Waals surface area contributed by atoms with Gasteiger partial charge in [0.25, 0.3) is 5.91 Å². The molecule has 1 aromatic carbocycles. The van der Waals surface area contributed by atoms with Crippen molar-refractivity contribution in [3.8, 4) is 5.75 Å². The summed E-state index contributed by atoms with van der Waals surface area (Å²) in [6.07, 6.45) is 1.45. The number of aromatic nitrogens is 1. The fourth-order valence-electron chi connectivity index (χ4n) is 3.38. The highest BCUT2D eigenvalue weighted by atomic mass is 16.5. The van der Waals surface area contributed by atoms with E-state index in [0.29, 0.717) is 31.0 Å². The lowest BCUT2D eigenvalue weighted by Gasteiger charge is -2.42. The number of fused-ring (bicyclic) bond motifs is 1. The van der Waals surface area contributed by atoms with Gasteiger partial charge in [-0.25, -0.2) is 0 Å². The Balaban J connectivity index is 2.01. The van der Waals surface area contributed by atoms with Crippen LogP contribution in [0.15, 0.2) is 30.5 Å². The lowest BCUT2D eigenvalue weighted by atomic mass is 10.0. The molecule has 6 heteroatoms. The molecule has 1 fully saturated rings. The molecule has 0 spiro atoms. The third kappa shape index (κ3) is 3.60. The molecule has 6 nitrogen and oxygen atoms in total. The predicted molar refractivity (Wildman–Crippen MR) is 95.0 cm³/mol. The Bertz CT molecular complexity index is 775. The molecule has 0 bridgehead atoms. The molecule has 1 aromatic heterocycles. The first-order valence-corrected chi connectivity index (χ1v) is 8.33. The number of para-hydroxylation sites is 1. The van der Waals surface area contributed by atoms with Gasteiger partial charge in [-0.15, -0.1) is 0 Å². The maximum atomic E-state index is 13.4. The van der Waals surface area contributed by atoms with Crippen molar-refractivity contribution in [1.82, 2.24) is 9.88 Å². The molecule has 2 aromatic rings. The van der Waals surface area contributed by atoms with Gasteiger partial charge < -0.3 is 19.1 Å². The van der Waals surface area contributed by atoms with Crippen LogP contribution in [0.25, 0.3) is 10.9 Å². The van der Waals surface area contributed by atoms with Crippen molar-refractivity contribution in [3.05, 3.63) is 36.0 Å². The molecule has 25 heavy (non-hydrogen) atoms. The quantitative estimate of drug-likeness (QED) is 0.853. The van der Waals surface area contributed by atoms with Crippen LogP contribution in [-0.4, -0.2) is 61.4 Å². The summed E-state index contributed by atoms with van der Waals surface area (Å²) in [6.45, 7) is 5.40. The summed E-state index contributed by atoms with van der Waals surface area (Å²) in [4.78, 5) is 19.5. The molecule has 0 N–H and O–H groups in total. The molecule has 0 aliphatic carbocycles. The van der Waals surface area contributed by atoms with Crippen LogP contribution >= 0.6 is 0 Å². The predicted octanol–water partition coefficient (Wildman–Crippen LogP) is 2.51. The van der Waals surface area contributed by atoms with E-state index in [-0.39, 0.29) is 12.0 Å². The number of amides is 1. The zero-order valence-electron chi connectivity index (χ0n) is 15.1. The van der Waals surface area contributed by atoms with Crippen LogP contribution in [0.1, 0.15) is 24.2 Å². The Hall–Kier alpha value is -2.18. The number of hydrogen-bond donors (Lipinski definition) is 0. The molecule has 3 rings (SSSR count). The van der Waals surface area contributed by atoms with E-state index in [0.717, 1.165) is 10.9 Å². The van der Waals surface area contributed by atoms with Crippen molar-refractivity contribution in [1.29, 1.82) is 0 Å². The van der Waals surface area contributed by atoms with Crippen molar-refractivity contribution in [2.45, 2.75) is 25.6 Å². The third-order valence-corrected chi connectivity index (χ3v) is 4.30. The van der Waals surface area contributed by atoms with Crippen molar-refractivity contribution in [2.24, 2.45) is 0 Å². The minimum atomic E-state index is -0.437. The monoisotopic (exact) mass is 344 g/mol. The molecule has 1 amide bonds. The van der Waals surface area contributed by atoms with E-state index in [2.05, 4.69) is 4.98 Å². The number of hydrogen-bond acceptors (Lipinski definition) is 5. The molecule has 1 aliphatic heterocycles. The molecule has 0 radical (unpaired) electrons. The largest absolute Gasteiger partial charge is 0.494 e. The average molecular weight is 344 g/mol. The molecule has 1 saturated heterocycles. The van der Waals surface area contributed by atoms with Crippen LogP contribution in [0.2, 0.25) is 0 Å². The molecule has 0 unspecified atom stereocenters. The van der Waals surface area contributed by atoms with Gasteiger partial charge in [0.2, 0.25) is 0 Å². The van der Waals surface area contributed by atoms with Gasteiger partial charge in [-0.2, -0.15) is 0 Å². The maximum absolute atomic E-state index is 13.4. The molecular weight excluding hydrogens is 320 g/mol. The number of ether oxygens (including phenoxy) is 3. The number of morpholine rings is 1. The number of methoxy groups -OCH3 is 2. The number of benzene rings is 1. The van der Waals surface area contributed by atoms with E-state index in [9.17, 15) is 4.79 Å². The SMILES string of the molecule is COC[C@@H]1CN(C(=O)c2c(OC)cnc3ccccc23)CC(C)(C)O1. The standard InChI is InChI=1S/C19H24N2O4/c1-19(2)12-21(10-13(25-19)11-23-3)18(22)17-14-7-5-6-8-15(14)20-9-16(17)24-4/h5-9,13H,10-12H2,1-4H3/t13-/m0/s1. The lowest BCUT2D eigenvalue weighted by molar-refractivity contribution is -0.143. The van der Waals surface area contributed by atoms with Gasteiger partial charge in [0.15, 0.2) is 5.75 Å². The highest BCUT2D eigenvalue weighted by Gasteiger charge is 2.37. The van der Waals surface area contributed by atoms with E-state index >= 15 is 0 Å². The number of rotatable bonds is 4. The average Bonchev–Trinajstić information content (AvgIpc) is 2.59. The van der Waals surface area contributed by atoms with Gasteiger partial charge in [0.05, 0.1) is 42.7 Å². The Kier molecular flexibility index (Phi) is 4.92. The lowest BCUT2D eigenvalue weighted by Crippen LogP contribution is -2.55. The van der Waals surface area contributed by atoms with Crippen molar-refractivity contribution in [3.63, 3.8) is 0 Å². The summed E-state index contributed by atoms with van der Waals surface area (Å²) < 4.78 is 16.7. The fourth-order valence-corrected chi connectivity index (χ4v) is 3.38. The highest BCUT2D eigenvalue weighted by Crippen LogP contribution is 2.30. The van der Waals surface area contributed by atoms with Crippen LogP contribution in [-0.2, 0) is 9.47 Å². The first-order valence-electron chi connectivity index (χ1n) is 8.33. The normalized spacial score (nSPS) is 19.8. The summed E-state index contributed by atoms with van der Waals surface area (Å²) in [5.74, 6) is 0.407. The Morgan fingerprint density at radius 3 is 2.84 bits per heavy atom. The van der Waals surface area contributed by atoms with Crippen molar-refractivity contribution in [2.75, 3.05) is 33.9 Å². The van der Waals surface area contributed by atoms with E-state index < -0.39 is 5.60 Å².